The van der Waals surface area contributed by atoms with Gasteiger partial charge in [-0.25, -0.2) is 15.0 Å². The average Bonchev–Trinajstić information content (AvgIpc) is 3.76. The first-order chi connectivity index (χ1) is 25.8. The third-order valence-corrected chi connectivity index (χ3v) is 11.5. The summed E-state index contributed by atoms with van der Waals surface area (Å²) in [5.41, 5.74) is 6.32. The quantitative estimate of drug-likeness (QED) is 0.174. The van der Waals surface area contributed by atoms with Crippen LogP contribution >= 0.6 is 11.3 Å². The fraction of sp³-hybridized carbons (Fsp3) is 0. The molecule has 0 bridgehead atoms. The van der Waals surface area contributed by atoms with Gasteiger partial charge in [0.1, 0.15) is 0 Å². The molecule has 242 valence electrons. The van der Waals surface area contributed by atoms with Crippen molar-refractivity contribution in [3.63, 3.8) is 0 Å². The van der Waals surface area contributed by atoms with E-state index < -0.39 is 0 Å². The number of rotatable bonds is 4. The van der Waals surface area contributed by atoms with E-state index in [4.69, 9.17) is 15.0 Å². The van der Waals surface area contributed by atoms with Crippen LogP contribution in [-0.2, 0) is 0 Å². The van der Waals surface area contributed by atoms with Crippen LogP contribution < -0.4 is 0 Å². The molecule has 52 heavy (non-hydrogen) atoms. The highest BCUT2D eigenvalue weighted by Crippen LogP contribution is 2.41. The third kappa shape index (κ3) is 4.43. The summed E-state index contributed by atoms with van der Waals surface area (Å²) in [6.07, 6.45) is 0. The van der Waals surface area contributed by atoms with Crippen LogP contribution in [0.15, 0.2) is 170 Å². The summed E-state index contributed by atoms with van der Waals surface area (Å²) in [5, 5.41) is 9.52. The summed E-state index contributed by atoms with van der Waals surface area (Å²) in [7, 11) is 0. The Labute approximate surface area is 302 Å². The maximum Gasteiger partial charge on any atom is 0.165 e. The fourth-order valence-corrected chi connectivity index (χ4v) is 9.09. The molecule has 0 amide bonds. The Morgan fingerprint density at radius 2 is 1.04 bits per heavy atom. The van der Waals surface area contributed by atoms with Crippen LogP contribution in [0.3, 0.4) is 0 Å². The SMILES string of the molecule is c1ccc(-n2c3ccccc3c3ccc(-c4nc(-c5cccc6c5sc5ccccc56)nc(-c5cccc6ccc7ccccc7c56)n4)cc32)cc1. The monoisotopic (exact) mass is 680 g/mol. The van der Waals surface area contributed by atoms with Gasteiger partial charge in [-0.1, -0.05) is 133 Å². The molecule has 8 aromatic carbocycles. The average molecular weight is 681 g/mol. The minimum Gasteiger partial charge on any atom is -0.309 e. The van der Waals surface area contributed by atoms with Gasteiger partial charge in [0.25, 0.3) is 0 Å². The second kappa shape index (κ2) is 11.4. The van der Waals surface area contributed by atoms with Crippen LogP contribution in [0.25, 0.3) is 103 Å². The molecule has 3 heterocycles. The van der Waals surface area contributed by atoms with E-state index in [1.165, 1.54) is 41.7 Å². The first kappa shape index (κ1) is 29.1. The van der Waals surface area contributed by atoms with Gasteiger partial charge in [-0.2, -0.15) is 0 Å². The highest BCUT2D eigenvalue weighted by molar-refractivity contribution is 7.26. The van der Waals surface area contributed by atoms with Gasteiger partial charge in [0.2, 0.25) is 0 Å². The molecule has 0 radical (unpaired) electrons. The van der Waals surface area contributed by atoms with Crippen molar-refractivity contribution in [2.24, 2.45) is 0 Å². The zero-order valence-electron chi connectivity index (χ0n) is 27.9. The topological polar surface area (TPSA) is 43.6 Å². The molecule has 0 fully saturated rings. The Morgan fingerprint density at radius 1 is 0.404 bits per heavy atom. The van der Waals surface area contributed by atoms with Crippen LogP contribution in [0.2, 0.25) is 0 Å². The highest BCUT2D eigenvalue weighted by atomic mass is 32.1. The minimum atomic E-state index is 0.641. The van der Waals surface area contributed by atoms with Gasteiger partial charge in [-0.05, 0) is 52.6 Å². The first-order valence-electron chi connectivity index (χ1n) is 17.5. The van der Waals surface area contributed by atoms with Crippen molar-refractivity contribution < 1.29 is 0 Å². The Bertz CT molecular complexity index is 3190. The Kier molecular flexibility index (Phi) is 6.39. The van der Waals surface area contributed by atoms with Gasteiger partial charge < -0.3 is 4.57 Å². The van der Waals surface area contributed by atoms with Gasteiger partial charge >= 0.3 is 0 Å². The van der Waals surface area contributed by atoms with E-state index in [1.54, 1.807) is 11.3 Å². The zero-order chi connectivity index (χ0) is 34.2. The van der Waals surface area contributed by atoms with E-state index in [0.29, 0.717) is 17.5 Å². The van der Waals surface area contributed by atoms with Gasteiger partial charge in [-0.15, -0.1) is 11.3 Å². The van der Waals surface area contributed by atoms with E-state index in [9.17, 15) is 0 Å². The normalized spacial score (nSPS) is 11.8. The molecule has 0 saturated carbocycles. The smallest absolute Gasteiger partial charge is 0.165 e. The molecule has 0 saturated heterocycles. The number of hydrogen-bond acceptors (Lipinski definition) is 4. The third-order valence-electron chi connectivity index (χ3n) is 10.2. The molecule has 11 rings (SSSR count). The summed E-state index contributed by atoms with van der Waals surface area (Å²) in [6, 6.07) is 60.2. The van der Waals surface area contributed by atoms with Crippen molar-refractivity contribution in [1.29, 1.82) is 0 Å². The molecule has 0 N–H and O–H groups in total. The van der Waals surface area contributed by atoms with Crippen molar-refractivity contribution in [2.45, 2.75) is 0 Å². The second-order valence-electron chi connectivity index (χ2n) is 13.2. The summed E-state index contributed by atoms with van der Waals surface area (Å²) < 4.78 is 4.76. The number of para-hydroxylation sites is 2. The van der Waals surface area contributed by atoms with E-state index in [0.717, 1.165) is 44.2 Å². The lowest BCUT2D eigenvalue weighted by Gasteiger charge is -2.13. The van der Waals surface area contributed by atoms with Gasteiger partial charge in [0, 0.05) is 58.7 Å². The molecule has 0 aliphatic heterocycles. The molecule has 5 heteroatoms. The number of benzene rings is 8. The molecule has 0 aliphatic rings. The molecule has 0 spiro atoms. The van der Waals surface area contributed by atoms with Crippen LogP contribution in [0, 0.1) is 0 Å². The van der Waals surface area contributed by atoms with Crippen LogP contribution in [0.1, 0.15) is 0 Å². The maximum absolute atomic E-state index is 5.32. The predicted octanol–water partition coefficient (Wildman–Crippen LogP) is 12.6. The van der Waals surface area contributed by atoms with Crippen molar-refractivity contribution >= 4 is 74.9 Å². The molecular formula is C47H28N4S. The van der Waals surface area contributed by atoms with Gasteiger partial charge in [0.05, 0.1) is 11.0 Å². The lowest BCUT2D eigenvalue weighted by Crippen LogP contribution is -2.01. The van der Waals surface area contributed by atoms with E-state index in [1.807, 2.05) is 0 Å². The number of nitrogens with zero attached hydrogens (tertiary/aromatic N) is 4. The highest BCUT2D eigenvalue weighted by Gasteiger charge is 2.20. The van der Waals surface area contributed by atoms with Crippen molar-refractivity contribution in [2.75, 3.05) is 0 Å². The summed E-state index contributed by atoms with van der Waals surface area (Å²) >= 11 is 1.79. The Morgan fingerprint density at radius 3 is 1.94 bits per heavy atom. The Hall–Kier alpha value is -6.69. The van der Waals surface area contributed by atoms with Crippen LogP contribution in [0.5, 0.6) is 0 Å². The van der Waals surface area contributed by atoms with E-state index in [-0.39, 0.29) is 0 Å². The molecule has 0 aliphatic carbocycles. The minimum absolute atomic E-state index is 0.641. The second-order valence-corrected chi connectivity index (χ2v) is 14.2. The van der Waals surface area contributed by atoms with Crippen molar-refractivity contribution in [3.05, 3.63) is 170 Å². The van der Waals surface area contributed by atoms with Gasteiger partial charge in [-0.3, -0.25) is 0 Å². The van der Waals surface area contributed by atoms with Crippen LogP contribution in [-0.4, -0.2) is 19.5 Å². The molecule has 0 unspecified atom stereocenters. The molecule has 3 aromatic heterocycles. The first-order valence-corrected chi connectivity index (χ1v) is 18.3. The van der Waals surface area contributed by atoms with Crippen molar-refractivity contribution in [1.82, 2.24) is 19.5 Å². The number of aromatic nitrogens is 4. The van der Waals surface area contributed by atoms with Gasteiger partial charge in [0.15, 0.2) is 17.5 Å². The fourth-order valence-electron chi connectivity index (χ4n) is 7.88. The number of fused-ring (bicyclic) bond motifs is 9. The lowest BCUT2D eigenvalue weighted by molar-refractivity contribution is 1.08. The van der Waals surface area contributed by atoms with E-state index >= 15 is 0 Å². The zero-order valence-corrected chi connectivity index (χ0v) is 28.7. The number of hydrogen-bond donors (Lipinski definition) is 0. The molecule has 0 atom stereocenters. The summed E-state index contributed by atoms with van der Waals surface area (Å²) in [5.74, 6) is 1.96. The Balaban J connectivity index is 1.21. The summed E-state index contributed by atoms with van der Waals surface area (Å²) in [4.78, 5) is 15.9. The maximum atomic E-state index is 5.32. The van der Waals surface area contributed by atoms with Crippen molar-refractivity contribution in [3.8, 4) is 39.9 Å². The largest absolute Gasteiger partial charge is 0.309 e. The lowest BCUT2D eigenvalue weighted by atomic mass is 9.97. The summed E-state index contributed by atoms with van der Waals surface area (Å²) in [6.45, 7) is 0. The van der Waals surface area contributed by atoms with Crippen LogP contribution in [0.4, 0.5) is 0 Å². The number of thiophene rings is 1. The standard InChI is InChI=1S/C47H28N4S/c1-2-14-32(15-3-1)51-40-22-8-6-17-34(40)35-27-26-31(28-41(35)51)45-48-46(38-20-10-13-30-25-24-29-12-4-5-16-33(29)43(30)38)50-47(49-45)39-21-11-19-37-36-18-7-9-23-42(36)52-44(37)39/h1-28H. The van der Waals surface area contributed by atoms with E-state index in [2.05, 4.69) is 174 Å². The molecular weight excluding hydrogens is 653 g/mol. The predicted molar refractivity (Wildman–Crippen MR) is 218 cm³/mol. The molecule has 4 nitrogen and oxygen atoms in total. The molecule has 11 aromatic rings.